The maximum Gasteiger partial charge on any atom is 0.222 e. The minimum atomic E-state index is -0.478. The molecule has 0 saturated heterocycles. The molecule has 5 atom stereocenters. The van der Waals surface area contributed by atoms with Crippen LogP contribution in [0.1, 0.15) is 71.8 Å². The predicted molar refractivity (Wildman–Crippen MR) is 146 cm³/mol. The lowest BCUT2D eigenvalue weighted by atomic mass is 9.48. The number of hydrogen-bond donors (Lipinski definition) is 0. The molecule has 0 bridgehead atoms. The van der Waals surface area contributed by atoms with E-state index in [0.29, 0.717) is 29.4 Å². The molecular weight excluding hydrogens is 444 g/mol. The van der Waals surface area contributed by atoms with Crippen LogP contribution in [0.2, 0.25) is 0 Å². The molecular formula is C32H40N2O2. The van der Waals surface area contributed by atoms with E-state index < -0.39 is 5.60 Å². The van der Waals surface area contributed by atoms with E-state index in [9.17, 15) is 4.79 Å². The molecule has 1 aromatic carbocycles. The molecule has 1 heterocycles. The quantitative estimate of drug-likeness (QED) is 0.460. The molecule has 4 aliphatic carbocycles. The number of allylic oxidation sites excluding steroid dienone is 5. The van der Waals surface area contributed by atoms with E-state index in [1.54, 1.807) is 0 Å². The second-order valence-electron chi connectivity index (χ2n) is 12.9. The number of benzene rings is 1. The largest absolute Gasteiger partial charge is 0.465 e. The first-order valence-corrected chi connectivity index (χ1v) is 13.8. The molecule has 0 aromatic heterocycles. The van der Waals surface area contributed by atoms with E-state index in [4.69, 9.17) is 9.73 Å². The topological polar surface area (TPSA) is 41.9 Å². The summed E-state index contributed by atoms with van der Waals surface area (Å²) in [6.07, 6.45) is 13.6. The highest BCUT2D eigenvalue weighted by Crippen LogP contribution is 2.64. The molecule has 3 saturated carbocycles. The Balaban J connectivity index is 1.32. The number of ketones is 1. The molecule has 36 heavy (non-hydrogen) atoms. The van der Waals surface area contributed by atoms with E-state index in [-0.39, 0.29) is 10.8 Å². The van der Waals surface area contributed by atoms with E-state index in [1.165, 1.54) is 17.6 Å². The Kier molecular flexibility index (Phi) is 5.24. The van der Waals surface area contributed by atoms with Gasteiger partial charge in [-0.15, -0.1) is 0 Å². The summed E-state index contributed by atoms with van der Waals surface area (Å²) in [5.41, 5.74) is 5.45. The third-order valence-electron chi connectivity index (χ3n) is 10.3. The zero-order chi connectivity index (χ0) is 25.5. The van der Waals surface area contributed by atoms with Gasteiger partial charge in [0.2, 0.25) is 5.90 Å². The molecule has 0 amide bonds. The highest BCUT2D eigenvalue weighted by molar-refractivity contribution is 5.97. The lowest BCUT2D eigenvalue weighted by molar-refractivity contribution is -0.131. The molecule has 190 valence electrons. The summed E-state index contributed by atoms with van der Waals surface area (Å²) < 4.78 is 6.40. The van der Waals surface area contributed by atoms with Gasteiger partial charge in [-0.05, 0) is 93.5 Å². The summed E-state index contributed by atoms with van der Waals surface area (Å²) >= 11 is 0. The average Bonchev–Trinajstić information content (AvgIpc) is 3.33. The summed E-state index contributed by atoms with van der Waals surface area (Å²) in [4.78, 5) is 19.9. The second kappa shape index (κ2) is 7.94. The molecule has 3 fully saturated rings. The molecule has 0 spiro atoms. The van der Waals surface area contributed by atoms with E-state index in [2.05, 4.69) is 75.1 Å². The molecule has 4 nitrogen and oxygen atoms in total. The zero-order valence-electron chi connectivity index (χ0n) is 22.7. The van der Waals surface area contributed by atoms with Crippen molar-refractivity contribution in [2.24, 2.45) is 33.6 Å². The highest BCUT2D eigenvalue weighted by atomic mass is 16.5. The number of aliphatic imine (C=N–C) groups is 1. The first-order chi connectivity index (χ1) is 17.0. The summed E-state index contributed by atoms with van der Waals surface area (Å²) in [5, 5.41) is 0. The van der Waals surface area contributed by atoms with Crippen LogP contribution in [0.4, 0.5) is 5.69 Å². The van der Waals surface area contributed by atoms with Crippen molar-refractivity contribution in [1.82, 2.24) is 0 Å². The van der Waals surface area contributed by atoms with Gasteiger partial charge in [0, 0.05) is 42.6 Å². The Hall–Kier alpha value is -2.62. The summed E-state index contributed by atoms with van der Waals surface area (Å²) in [6.45, 7) is 8.96. The Bertz CT molecular complexity index is 1230. The SMILES string of the molecule is CN(C)c1ccc(C2=N/C(=C3\C=C[C@@]4(C)C(=C3)CC[C@@H]3[C@@H]4CC[C@]4(C)C(=O)CC[C@@H]34)C(C)(C)O2)cc1. The summed E-state index contributed by atoms with van der Waals surface area (Å²) in [5.74, 6) is 3.10. The minimum absolute atomic E-state index is 0.0642. The number of Topliss-reactive ketones (excluding diaryl/α,β-unsaturated/α-hetero) is 1. The standard InChI is InChI=1S/C32H40N2O2/c1-30(2)28(33-29(36-30)20-7-10-23(11-8-20)34(5)6)21-15-17-31(3)22(19-21)9-12-24-25-13-14-27(35)32(25,4)18-16-26(24)31/h7-8,10-11,15,17,19,24-26H,9,12-14,16,18H2,1-6H3/b28-21+/t24-,25-,26-,31-,32-/m0/s1. The predicted octanol–water partition coefficient (Wildman–Crippen LogP) is 6.87. The number of ether oxygens (including phenoxy) is 1. The van der Waals surface area contributed by atoms with Crippen molar-refractivity contribution in [2.45, 2.75) is 71.8 Å². The fourth-order valence-corrected chi connectivity index (χ4v) is 8.13. The van der Waals surface area contributed by atoms with Gasteiger partial charge in [-0.25, -0.2) is 4.99 Å². The number of fused-ring (bicyclic) bond motifs is 5. The van der Waals surface area contributed by atoms with Gasteiger partial charge in [-0.2, -0.15) is 0 Å². The molecule has 1 aromatic rings. The van der Waals surface area contributed by atoms with Crippen LogP contribution in [-0.2, 0) is 9.53 Å². The first kappa shape index (κ1) is 23.8. The molecule has 4 heteroatoms. The van der Waals surface area contributed by atoms with Gasteiger partial charge in [0.25, 0.3) is 0 Å². The Morgan fingerprint density at radius 3 is 2.44 bits per heavy atom. The maximum absolute atomic E-state index is 12.7. The van der Waals surface area contributed by atoms with Crippen LogP contribution < -0.4 is 4.90 Å². The second-order valence-corrected chi connectivity index (χ2v) is 12.9. The fraction of sp³-hybridized carbons (Fsp3) is 0.562. The fourth-order valence-electron chi connectivity index (χ4n) is 8.13. The average molecular weight is 485 g/mol. The van der Waals surface area contributed by atoms with Gasteiger partial charge in [0.15, 0.2) is 0 Å². The van der Waals surface area contributed by atoms with Gasteiger partial charge in [0.05, 0.1) is 5.70 Å². The van der Waals surface area contributed by atoms with Crippen LogP contribution in [0.3, 0.4) is 0 Å². The van der Waals surface area contributed by atoms with Crippen molar-refractivity contribution >= 4 is 17.4 Å². The van der Waals surface area contributed by atoms with Crippen molar-refractivity contribution in [3.05, 3.63) is 64.9 Å². The van der Waals surface area contributed by atoms with E-state index >= 15 is 0 Å². The lowest BCUT2D eigenvalue weighted by Crippen LogP contribution is -2.49. The van der Waals surface area contributed by atoms with E-state index in [1.807, 2.05) is 14.1 Å². The molecule has 6 rings (SSSR count). The zero-order valence-corrected chi connectivity index (χ0v) is 22.7. The van der Waals surface area contributed by atoms with Crippen LogP contribution in [0.25, 0.3) is 0 Å². The van der Waals surface area contributed by atoms with Crippen molar-refractivity contribution in [3.63, 3.8) is 0 Å². The monoisotopic (exact) mass is 484 g/mol. The van der Waals surface area contributed by atoms with Crippen LogP contribution in [0.5, 0.6) is 0 Å². The van der Waals surface area contributed by atoms with Crippen LogP contribution in [0, 0.1) is 28.6 Å². The number of hydrogen-bond acceptors (Lipinski definition) is 4. The van der Waals surface area contributed by atoms with Crippen molar-refractivity contribution < 1.29 is 9.53 Å². The number of carbonyl (C=O) groups excluding carboxylic acids is 1. The number of anilines is 1. The van der Waals surface area contributed by atoms with Gasteiger partial charge in [-0.3, -0.25) is 4.79 Å². The molecule has 0 unspecified atom stereocenters. The number of nitrogens with zero attached hydrogens (tertiary/aromatic N) is 2. The Labute approximate surface area is 216 Å². The minimum Gasteiger partial charge on any atom is -0.465 e. The Morgan fingerprint density at radius 2 is 1.72 bits per heavy atom. The number of carbonyl (C=O) groups is 1. The lowest BCUT2D eigenvalue weighted by Gasteiger charge is -2.55. The molecule has 0 radical (unpaired) electrons. The maximum atomic E-state index is 12.7. The van der Waals surface area contributed by atoms with Crippen molar-refractivity contribution in [1.29, 1.82) is 0 Å². The third-order valence-corrected chi connectivity index (χ3v) is 10.3. The summed E-state index contributed by atoms with van der Waals surface area (Å²) in [7, 11) is 4.10. The van der Waals surface area contributed by atoms with Crippen LogP contribution in [0.15, 0.2) is 64.3 Å². The normalized spacial score (nSPS) is 38.5. The van der Waals surface area contributed by atoms with Crippen LogP contribution in [-0.4, -0.2) is 31.4 Å². The van der Waals surface area contributed by atoms with Gasteiger partial charge in [-0.1, -0.05) is 37.6 Å². The Morgan fingerprint density at radius 1 is 0.972 bits per heavy atom. The molecule has 1 aliphatic heterocycles. The van der Waals surface area contributed by atoms with Gasteiger partial charge in [0.1, 0.15) is 11.4 Å². The van der Waals surface area contributed by atoms with Crippen LogP contribution >= 0.6 is 0 Å². The first-order valence-electron chi connectivity index (χ1n) is 13.8. The third kappa shape index (κ3) is 3.39. The van der Waals surface area contributed by atoms with Crippen molar-refractivity contribution in [2.75, 3.05) is 19.0 Å². The van der Waals surface area contributed by atoms with E-state index in [0.717, 1.165) is 49.1 Å². The summed E-state index contributed by atoms with van der Waals surface area (Å²) in [6, 6.07) is 8.41. The van der Waals surface area contributed by atoms with Crippen molar-refractivity contribution in [3.8, 4) is 0 Å². The highest BCUT2D eigenvalue weighted by Gasteiger charge is 2.58. The molecule has 5 aliphatic rings. The smallest absolute Gasteiger partial charge is 0.222 e. The van der Waals surface area contributed by atoms with Gasteiger partial charge >= 0.3 is 0 Å². The number of rotatable bonds is 2. The molecule has 0 N–H and O–H groups in total. The van der Waals surface area contributed by atoms with Gasteiger partial charge < -0.3 is 9.64 Å².